The van der Waals surface area contributed by atoms with Crippen LogP contribution in [-0.4, -0.2) is 40.3 Å². The monoisotopic (exact) mass is 267 g/mol. The van der Waals surface area contributed by atoms with Crippen molar-refractivity contribution in [3.8, 4) is 0 Å². The van der Waals surface area contributed by atoms with Crippen LogP contribution in [0.15, 0.2) is 24.3 Å². The lowest BCUT2D eigenvalue weighted by Crippen LogP contribution is -2.50. The Morgan fingerprint density at radius 1 is 1.37 bits per heavy atom. The van der Waals surface area contributed by atoms with Crippen LogP contribution in [0.5, 0.6) is 0 Å². The summed E-state index contributed by atoms with van der Waals surface area (Å²) in [5.41, 5.74) is -0.786. The number of benzene rings is 1. The van der Waals surface area contributed by atoms with E-state index in [0.717, 1.165) is 4.90 Å². The molecule has 0 bridgehead atoms. The van der Waals surface area contributed by atoms with Crippen molar-refractivity contribution in [1.82, 2.24) is 4.90 Å². The predicted molar refractivity (Wildman–Crippen MR) is 64.4 cm³/mol. The summed E-state index contributed by atoms with van der Waals surface area (Å²) < 4.78 is 18.2. The van der Waals surface area contributed by atoms with Gasteiger partial charge in [0.1, 0.15) is 17.6 Å². The molecule has 5 nitrogen and oxygen atoms in total. The standard InChI is InChI=1S/C13H14FNO4/c1-13(2)15(12(17)18)10(7-19-13)11(16)8-3-5-9(14)6-4-8/h3-6,10H,7H2,1-2H3,(H,17,18)/t10-/m0/s1. The molecular weight excluding hydrogens is 253 g/mol. The Hall–Kier alpha value is -1.95. The average molecular weight is 267 g/mol. The summed E-state index contributed by atoms with van der Waals surface area (Å²) in [5.74, 6) is -0.845. The fraction of sp³-hybridized carbons (Fsp3) is 0.385. The fourth-order valence-electron chi connectivity index (χ4n) is 2.17. The Morgan fingerprint density at radius 3 is 2.47 bits per heavy atom. The van der Waals surface area contributed by atoms with E-state index < -0.39 is 29.5 Å². The summed E-state index contributed by atoms with van der Waals surface area (Å²) in [7, 11) is 0. The van der Waals surface area contributed by atoms with Crippen LogP contribution in [0.1, 0.15) is 24.2 Å². The topological polar surface area (TPSA) is 66.8 Å². The maximum absolute atomic E-state index is 12.8. The van der Waals surface area contributed by atoms with E-state index in [4.69, 9.17) is 4.74 Å². The van der Waals surface area contributed by atoms with Gasteiger partial charge in [-0.15, -0.1) is 0 Å². The second kappa shape index (κ2) is 4.62. The van der Waals surface area contributed by atoms with Gasteiger partial charge >= 0.3 is 6.09 Å². The van der Waals surface area contributed by atoms with E-state index in [1.165, 1.54) is 24.3 Å². The highest BCUT2D eigenvalue weighted by Gasteiger charge is 2.47. The second-order valence-corrected chi connectivity index (χ2v) is 4.80. The number of amides is 1. The number of Topliss-reactive ketones (excluding diaryl/α,β-unsaturated/α-hetero) is 1. The fourth-order valence-corrected chi connectivity index (χ4v) is 2.17. The van der Waals surface area contributed by atoms with Crippen molar-refractivity contribution in [3.63, 3.8) is 0 Å². The number of rotatable bonds is 2. The number of ether oxygens (including phenoxy) is 1. The molecule has 1 aromatic rings. The third kappa shape index (κ3) is 2.44. The molecule has 1 aliphatic heterocycles. The van der Waals surface area contributed by atoms with Gasteiger partial charge in [-0.05, 0) is 38.1 Å². The predicted octanol–water partition coefficient (Wildman–Crippen LogP) is 2.12. The van der Waals surface area contributed by atoms with Gasteiger partial charge in [0, 0.05) is 5.56 Å². The van der Waals surface area contributed by atoms with Crippen molar-refractivity contribution in [2.75, 3.05) is 6.61 Å². The number of carboxylic acid groups (broad SMARTS) is 1. The van der Waals surface area contributed by atoms with Crippen molar-refractivity contribution >= 4 is 11.9 Å². The number of hydrogen-bond donors (Lipinski definition) is 1. The minimum atomic E-state index is -1.22. The Kier molecular flexibility index (Phi) is 3.28. The van der Waals surface area contributed by atoms with Gasteiger partial charge < -0.3 is 9.84 Å². The highest BCUT2D eigenvalue weighted by Crippen LogP contribution is 2.29. The molecule has 1 N–H and O–H groups in total. The van der Waals surface area contributed by atoms with Crippen LogP contribution < -0.4 is 0 Å². The van der Waals surface area contributed by atoms with E-state index in [1.807, 2.05) is 0 Å². The molecule has 0 aliphatic carbocycles. The van der Waals surface area contributed by atoms with Gasteiger partial charge in [-0.25, -0.2) is 9.18 Å². The highest BCUT2D eigenvalue weighted by molar-refractivity contribution is 6.01. The third-order valence-corrected chi connectivity index (χ3v) is 3.12. The summed E-state index contributed by atoms with van der Waals surface area (Å²) in [6.07, 6.45) is -1.22. The van der Waals surface area contributed by atoms with Crippen molar-refractivity contribution in [2.45, 2.75) is 25.6 Å². The van der Waals surface area contributed by atoms with Gasteiger partial charge in [-0.3, -0.25) is 9.69 Å². The molecule has 1 fully saturated rings. The van der Waals surface area contributed by atoms with Gasteiger partial charge in [0.15, 0.2) is 5.78 Å². The van der Waals surface area contributed by atoms with Crippen LogP contribution in [-0.2, 0) is 4.74 Å². The lowest BCUT2D eigenvalue weighted by Gasteiger charge is -2.30. The first-order chi connectivity index (χ1) is 8.83. The van der Waals surface area contributed by atoms with Crippen LogP contribution in [0.2, 0.25) is 0 Å². The molecule has 2 rings (SSSR count). The largest absolute Gasteiger partial charge is 0.465 e. The van der Waals surface area contributed by atoms with Crippen LogP contribution in [0.4, 0.5) is 9.18 Å². The van der Waals surface area contributed by atoms with Crippen molar-refractivity contribution in [2.24, 2.45) is 0 Å². The van der Waals surface area contributed by atoms with Gasteiger partial charge in [0.25, 0.3) is 0 Å². The smallest absolute Gasteiger partial charge is 0.410 e. The lowest BCUT2D eigenvalue weighted by atomic mass is 10.0. The summed E-state index contributed by atoms with van der Waals surface area (Å²) in [4.78, 5) is 24.5. The van der Waals surface area contributed by atoms with E-state index in [-0.39, 0.29) is 12.2 Å². The maximum atomic E-state index is 12.8. The van der Waals surface area contributed by atoms with E-state index in [1.54, 1.807) is 13.8 Å². The molecule has 102 valence electrons. The normalized spacial score (nSPS) is 21.4. The molecule has 1 saturated heterocycles. The zero-order chi connectivity index (χ0) is 14.2. The van der Waals surface area contributed by atoms with Crippen molar-refractivity contribution in [3.05, 3.63) is 35.6 Å². The van der Waals surface area contributed by atoms with Gasteiger partial charge in [0.05, 0.1) is 6.61 Å². The molecule has 1 heterocycles. The highest BCUT2D eigenvalue weighted by atomic mass is 19.1. The first-order valence-electron chi connectivity index (χ1n) is 5.79. The zero-order valence-electron chi connectivity index (χ0n) is 10.6. The van der Waals surface area contributed by atoms with Gasteiger partial charge in [0.2, 0.25) is 0 Å². The molecular formula is C13H14FNO4. The molecule has 1 amide bonds. The summed E-state index contributed by atoms with van der Waals surface area (Å²) in [5, 5.41) is 9.19. The Balaban J connectivity index is 2.28. The van der Waals surface area contributed by atoms with Crippen LogP contribution >= 0.6 is 0 Å². The summed E-state index contributed by atoms with van der Waals surface area (Å²) in [6.45, 7) is 3.16. The lowest BCUT2D eigenvalue weighted by molar-refractivity contribution is -0.0414. The Morgan fingerprint density at radius 2 is 1.95 bits per heavy atom. The number of ketones is 1. The zero-order valence-corrected chi connectivity index (χ0v) is 10.6. The molecule has 1 aromatic carbocycles. The molecule has 0 spiro atoms. The first kappa shape index (κ1) is 13.5. The SMILES string of the molecule is CC1(C)OC[C@@H](C(=O)c2ccc(F)cc2)N1C(=O)O. The van der Waals surface area contributed by atoms with Crippen molar-refractivity contribution < 1.29 is 23.8 Å². The average Bonchev–Trinajstić information content (AvgIpc) is 2.65. The van der Waals surface area contributed by atoms with E-state index in [2.05, 4.69) is 0 Å². The number of hydrogen-bond acceptors (Lipinski definition) is 3. The number of halogens is 1. The van der Waals surface area contributed by atoms with Gasteiger partial charge in [-0.2, -0.15) is 0 Å². The molecule has 1 atom stereocenters. The second-order valence-electron chi connectivity index (χ2n) is 4.80. The number of carbonyl (C=O) groups excluding carboxylic acids is 1. The molecule has 1 aliphatic rings. The van der Waals surface area contributed by atoms with E-state index >= 15 is 0 Å². The van der Waals surface area contributed by atoms with Crippen LogP contribution in [0, 0.1) is 5.82 Å². The molecule has 0 radical (unpaired) electrons. The van der Waals surface area contributed by atoms with Gasteiger partial charge in [-0.1, -0.05) is 0 Å². The molecule has 0 saturated carbocycles. The van der Waals surface area contributed by atoms with E-state index in [0.29, 0.717) is 0 Å². The van der Waals surface area contributed by atoms with Crippen LogP contribution in [0.3, 0.4) is 0 Å². The summed E-state index contributed by atoms with van der Waals surface area (Å²) in [6, 6.07) is 4.10. The maximum Gasteiger partial charge on any atom is 0.410 e. The number of carbonyl (C=O) groups is 2. The molecule has 0 aromatic heterocycles. The minimum absolute atomic E-state index is 0.00445. The molecule has 6 heteroatoms. The molecule has 19 heavy (non-hydrogen) atoms. The van der Waals surface area contributed by atoms with E-state index in [9.17, 15) is 19.1 Å². The Labute approximate surface area is 109 Å². The minimum Gasteiger partial charge on any atom is -0.465 e. The number of nitrogens with zero attached hydrogens (tertiary/aromatic N) is 1. The van der Waals surface area contributed by atoms with Crippen LogP contribution in [0.25, 0.3) is 0 Å². The summed E-state index contributed by atoms with van der Waals surface area (Å²) >= 11 is 0. The van der Waals surface area contributed by atoms with Crippen molar-refractivity contribution in [1.29, 1.82) is 0 Å². The first-order valence-corrected chi connectivity index (χ1v) is 5.79. The Bertz CT molecular complexity index is 512. The third-order valence-electron chi connectivity index (χ3n) is 3.12. The molecule has 0 unspecified atom stereocenters. The quantitative estimate of drug-likeness (QED) is 0.833.